The first-order valence-corrected chi connectivity index (χ1v) is 12.3. The van der Waals surface area contributed by atoms with Gasteiger partial charge in [0.2, 0.25) is 17.7 Å². The molecule has 0 saturated carbocycles. The van der Waals surface area contributed by atoms with Gasteiger partial charge in [0.25, 0.3) is 0 Å². The van der Waals surface area contributed by atoms with E-state index in [4.69, 9.17) is 10.5 Å². The molecule has 10 heteroatoms. The number of carbonyl (C=O) groups excluding carboxylic acids is 4. The van der Waals surface area contributed by atoms with Crippen molar-refractivity contribution in [3.8, 4) is 0 Å². The Morgan fingerprint density at radius 3 is 2.31 bits per heavy atom. The van der Waals surface area contributed by atoms with E-state index in [0.29, 0.717) is 12.1 Å². The molecule has 0 aliphatic carbocycles. The number of nitrogens with one attached hydrogen (secondary N) is 2. The van der Waals surface area contributed by atoms with Crippen molar-refractivity contribution in [1.29, 1.82) is 0 Å². The largest absolute Gasteiger partial charge is 0.444 e. The van der Waals surface area contributed by atoms with Crippen molar-refractivity contribution in [2.45, 2.75) is 84.9 Å². The zero-order chi connectivity index (χ0) is 27.5. The molecule has 0 bridgehead atoms. The molecule has 36 heavy (non-hydrogen) atoms. The second-order valence-corrected chi connectivity index (χ2v) is 9.87. The van der Waals surface area contributed by atoms with E-state index in [1.54, 1.807) is 26.8 Å². The van der Waals surface area contributed by atoms with Gasteiger partial charge in [-0.3, -0.25) is 14.4 Å². The van der Waals surface area contributed by atoms with Crippen LogP contribution in [0.15, 0.2) is 18.2 Å². The number of primary amides is 1. The van der Waals surface area contributed by atoms with Gasteiger partial charge in [-0.2, -0.15) is 0 Å². The number of hydrogen-bond donors (Lipinski definition) is 4. The molecule has 2 unspecified atom stereocenters. The van der Waals surface area contributed by atoms with Gasteiger partial charge in [-0.1, -0.05) is 38.0 Å². The van der Waals surface area contributed by atoms with Gasteiger partial charge in [0.05, 0.1) is 13.0 Å². The van der Waals surface area contributed by atoms with Crippen molar-refractivity contribution in [2.24, 2.45) is 5.73 Å². The normalized spacial score (nSPS) is 12.9. The predicted octanol–water partition coefficient (Wildman–Crippen LogP) is 2.24. The number of carbonyl (C=O) groups is 4. The van der Waals surface area contributed by atoms with E-state index in [2.05, 4.69) is 17.6 Å². The number of nitrogens with two attached hydrogens (primary N) is 1. The first kappa shape index (κ1) is 30.9. The standard InChI is InChI=1S/C26H42N4O6/c1-7-8-9-12-28-23(33)22(19-11-10-17(2)18(3)15-19)30(13-14-31)24(34)20(16-21(27)32)29-25(35)36-26(4,5)6/h10-11,15,20,22,31H,7-9,12-14,16H2,1-6H3,(H2,27,32)(H,28,33)(H,29,35). The van der Waals surface area contributed by atoms with Gasteiger partial charge in [0, 0.05) is 13.1 Å². The van der Waals surface area contributed by atoms with Crippen LogP contribution in [0.3, 0.4) is 0 Å². The Kier molecular flexibility index (Phi) is 12.4. The number of aryl methyl sites for hydroxylation is 2. The smallest absolute Gasteiger partial charge is 0.408 e. The summed E-state index contributed by atoms with van der Waals surface area (Å²) in [6, 6.07) is 2.94. The number of aliphatic hydroxyl groups is 1. The average Bonchev–Trinajstić information content (AvgIpc) is 2.76. The predicted molar refractivity (Wildman–Crippen MR) is 137 cm³/mol. The quantitative estimate of drug-likeness (QED) is 0.301. The molecule has 0 saturated heterocycles. The average molecular weight is 507 g/mol. The topological polar surface area (TPSA) is 151 Å². The summed E-state index contributed by atoms with van der Waals surface area (Å²) in [6.07, 6.45) is 1.29. The van der Waals surface area contributed by atoms with Crippen LogP contribution in [0.2, 0.25) is 0 Å². The Balaban J connectivity index is 3.41. The van der Waals surface area contributed by atoms with Crippen LogP contribution in [0.4, 0.5) is 4.79 Å². The summed E-state index contributed by atoms with van der Waals surface area (Å²) >= 11 is 0. The molecule has 2 atom stereocenters. The number of ether oxygens (including phenoxy) is 1. The summed E-state index contributed by atoms with van der Waals surface area (Å²) in [5, 5.41) is 15.1. The molecule has 10 nitrogen and oxygen atoms in total. The van der Waals surface area contributed by atoms with Crippen LogP contribution < -0.4 is 16.4 Å². The SMILES string of the molecule is CCCCCNC(=O)C(c1ccc(C)c(C)c1)N(CCO)C(=O)C(CC(N)=O)NC(=O)OC(C)(C)C. The van der Waals surface area contributed by atoms with Crippen LogP contribution in [-0.2, 0) is 19.1 Å². The Bertz CT molecular complexity index is 912. The van der Waals surface area contributed by atoms with Crippen LogP contribution in [-0.4, -0.2) is 65.2 Å². The Labute approximate surface area is 213 Å². The number of rotatable bonds is 13. The number of unbranched alkanes of at least 4 members (excludes halogenated alkanes) is 2. The van der Waals surface area contributed by atoms with E-state index in [1.807, 2.05) is 26.0 Å². The lowest BCUT2D eigenvalue weighted by Crippen LogP contribution is -2.54. The number of hydrogen-bond acceptors (Lipinski definition) is 6. The summed E-state index contributed by atoms with van der Waals surface area (Å²) in [4.78, 5) is 52.4. The maximum Gasteiger partial charge on any atom is 0.408 e. The Hall–Kier alpha value is -3.14. The number of amides is 4. The van der Waals surface area contributed by atoms with Gasteiger partial charge in [-0.25, -0.2) is 4.79 Å². The zero-order valence-electron chi connectivity index (χ0n) is 22.3. The van der Waals surface area contributed by atoms with Crippen molar-refractivity contribution in [3.63, 3.8) is 0 Å². The van der Waals surface area contributed by atoms with Crippen LogP contribution in [0.5, 0.6) is 0 Å². The van der Waals surface area contributed by atoms with Crippen molar-refractivity contribution < 1.29 is 29.0 Å². The number of nitrogens with zero attached hydrogens (tertiary/aromatic N) is 1. The highest BCUT2D eigenvalue weighted by molar-refractivity contribution is 5.94. The Morgan fingerprint density at radius 2 is 1.78 bits per heavy atom. The first-order valence-electron chi connectivity index (χ1n) is 12.3. The summed E-state index contributed by atoms with van der Waals surface area (Å²) < 4.78 is 5.24. The summed E-state index contributed by atoms with van der Waals surface area (Å²) in [7, 11) is 0. The molecule has 5 N–H and O–H groups in total. The third kappa shape index (κ3) is 10.2. The summed E-state index contributed by atoms with van der Waals surface area (Å²) in [5.74, 6) is -1.98. The van der Waals surface area contributed by atoms with Crippen LogP contribution in [0.25, 0.3) is 0 Å². The van der Waals surface area contributed by atoms with Crippen molar-refractivity contribution in [3.05, 3.63) is 34.9 Å². The van der Waals surface area contributed by atoms with Gasteiger partial charge >= 0.3 is 6.09 Å². The van der Waals surface area contributed by atoms with E-state index in [1.165, 1.54) is 4.90 Å². The zero-order valence-corrected chi connectivity index (χ0v) is 22.3. The second-order valence-electron chi connectivity index (χ2n) is 9.87. The highest BCUT2D eigenvalue weighted by Gasteiger charge is 2.36. The van der Waals surface area contributed by atoms with Crippen LogP contribution >= 0.6 is 0 Å². The fraction of sp³-hybridized carbons (Fsp3) is 0.615. The van der Waals surface area contributed by atoms with E-state index < -0.39 is 54.5 Å². The molecule has 1 aromatic rings. The molecular weight excluding hydrogens is 464 g/mol. The monoisotopic (exact) mass is 506 g/mol. The van der Waals surface area contributed by atoms with E-state index >= 15 is 0 Å². The lowest BCUT2D eigenvalue weighted by molar-refractivity contribution is -0.143. The summed E-state index contributed by atoms with van der Waals surface area (Å²) in [5.41, 5.74) is 7.00. The molecule has 0 aliphatic heterocycles. The van der Waals surface area contributed by atoms with Gasteiger partial charge in [-0.05, 0) is 57.7 Å². The number of alkyl carbamates (subject to hydrolysis) is 1. The van der Waals surface area contributed by atoms with Crippen molar-refractivity contribution >= 4 is 23.8 Å². The number of benzene rings is 1. The summed E-state index contributed by atoms with van der Waals surface area (Å²) in [6.45, 7) is 10.6. The lowest BCUT2D eigenvalue weighted by atomic mass is 9.98. The van der Waals surface area contributed by atoms with Gasteiger partial charge in [-0.15, -0.1) is 0 Å². The maximum atomic E-state index is 13.7. The van der Waals surface area contributed by atoms with E-state index in [0.717, 1.165) is 30.4 Å². The van der Waals surface area contributed by atoms with Crippen molar-refractivity contribution in [2.75, 3.05) is 19.7 Å². The molecule has 202 valence electrons. The maximum absolute atomic E-state index is 13.7. The van der Waals surface area contributed by atoms with Crippen molar-refractivity contribution in [1.82, 2.24) is 15.5 Å². The molecule has 0 spiro atoms. The molecule has 4 amide bonds. The van der Waals surface area contributed by atoms with Gasteiger partial charge < -0.3 is 31.1 Å². The molecule has 0 fully saturated rings. The minimum atomic E-state index is -1.38. The van der Waals surface area contributed by atoms with E-state index in [-0.39, 0.29) is 6.54 Å². The first-order chi connectivity index (χ1) is 16.8. The van der Waals surface area contributed by atoms with Crippen LogP contribution in [0, 0.1) is 13.8 Å². The second kappa shape index (κ2) is 14.4. The Morgan fingerprint density at radius 1 is 1.11 bits per heavy atom. The molecule has 1 aromatic carbocycles. The third-order valence-corrected chi connectivity index (χ3v) is 5.50. The molecule has 1 rings (SSSR count). The minimum Gasteiger partial charge on any atom is -0.444 e. The van der Waals surface area contributed by atoms with Crippen LogP contribution in [0.1, 0.15) is 76.1 Å². The fourth-order valence-electron chi connectivity index (χ4n) is 3.62. The molecule has 0 radical (unpaired) electrons. The third-order valence-electron chi connectivity index (χ3n) is 5.50. The fourth-order valence-corrected chi connectivity index (χ4v) is 3.62. The molecule has 0 aliphatic rings. The highest BCUT2D eigenvalue weighted by atomic mass is 16.6. The molecular formula is C26H42N4O6. The van der Waals surface area contributed by atoms with E-state index in [9.17, 15) is 24.3 Å². The highest BCUT2D eigenvalue weighted by Crippen LogP contribution is 2.25. The van der Waals surface area contributed by atoms with Gasteiger partial charge in [0.15, 0.2) is 0 Å². The number of aliphatic hydroxyl groups excluding tert-OH is 1. The lowest BCUT2D eigenvalue weighted by Gasteiger charge is -2.34. The molecule has 0 heterocycles. The van der Waals surface area contributed by atoms with Gasteiger partial charge in [0.1, 0.15) is 17.7 Å². The molecule has 0 aromatic heterocycles. The minimum absolute atomic E-state index is 0.204.